The third-order valence-corrected chi connectivity index (χ3v) is 4.52. The van der Waals surface area contributed by atoms with Gasteiger partial charge in [0.2, 0.25) is 10.0 Å². The second kappa shape index (κ2) is 6.08. The number of aliphatic carboxylic acids is 1. The molecule has 112 valence electrons. The van der Waals surface area contributed by atoms with Crippen molar-refractivity contribution in [2.24, 2.45) is 5.92 Å². The van der Waals surface area contributed by atoms with E-state index in [9.17, 15) is 26.4 Å². The fourth-order valence-corrected chi connectivity index (χ4v) is 3.45. The van der Waals surface area contributed by atoms with Gasteiger partial charge < -0.3 is 5.11 Å². The van der Waals surface area contributed by atoms with Gasteiger partial charge >= 0.3 is 12.1 Å². The number of carboxylic acid groups (broad SMARTS) is 1. The monoisotopic (exact) mass is 303 g/mol. The zero-order valence-electron chi connectivity index (χ0n) is 10.1. The van der Waals surface area contributed by atoms with Crippen LogP contribution in [0.25, 0.3) is 0 Å². The lowest BCUT2D eigenvalue weighted by molar-refractivity contribution is -0.141. The number of halogens is 3. The average molecular weight is 303 g/mol. The molecule has 5 nitrogen and oxygen atoms in total. The molecule has 0 saturated heterocycles. The first-order valence-corrected chi connectivity index (χ1v) is 7.54. The van der Waals surface area contributed by atoms with Gasteiger partial charge in [-0.05, 0) is 25.7 Å². The van der Waals surface area contributed by atoms with Crippen LogP contribution in [0.5, 0.6) is 0 Å². The van der Waals surface area contributed by atoms with Crippen LogP contribution in [-0.2, 0) is 14.8 Å². The van der Waals surface area contributed by atoms with E-state index in [0.29, 0.717) is 12.8 Å². The first-order valence-electron chi connectivity index (χ1n) is 5.88. The van der Waals surface area contributed by atoms with Gasteiger partial charge in [-0.15, -0.1) is 0 Å². The molecule has 1 fully saturated rings. The van der Waals surface area contributed by atoms with Gasteiger partial charge in [0.1, 0.15) is 0 Å². The molecule has 2 N–H and O–H groups in total. The van der Waals surface area contributed by atoms with Crippen LogP contribution in [0, 0.1) is 5.92 Å². The number of hydrogen-bond acceptors (Lipinski definition) is 3. The summed E-state index contributed by atoms with van der Waals surface area (Å²) in [5, 5.41) is 8.76. The maximum Gasteiger partial charge on any atom is 0.389 e. The third-order valence-electron chi connectivity index (χ3n) is 3.00. The summed E-state index contributed by atoms with van der Waals surface area (Å²) < 4.78 is 61.0. The van der Waals surface area contributed by atoms with Crippen molar-refractivity contribution in [1.82, 2.24) is 4.72 Å². The van der Waals surface area contributed by atoms with Crippen molar-refractivity contribution < 1.29 is 31.5 Å². The van der Waals surface area contributed by atoms with E-state index in [1.807, 2.05) is 0 Å². The van der Waals surface area contributed by atoms with Crippen LogP contribution in [0.4, 0.5) is 13.2 Å². The minimum atomic E-state index is -4.36. The van der Waals surface area contributed by atoms with Gasteiger partial charge in [-0.2, -0.15) is 13.2 Å². The zero-order chi connectivity index (χ0) is 14.7. The van der Waals surface area contributed by atoms with Crippen LogP contribution in [0.1, 0.15) is 32.1 Å². The Hall–Kier alpha value is -0.830. The number of alkyl halides is 3. The summed E-state index contributed by atoms with van der Waals surface area (Å²) >= 11 is 0. The average Bonchev–Trinajstić information content (AvgIpc) is 2.62. The fraction of sp³-hybridized carbons (Fsp3) is 0.900. The summed E-state index contributed by atoms with van der Waals surface area (Å²) in [5.74, 6) is -2.15. The molecule has 0 bridgehead atoms. The summed E-state index contributed by atoms with van der Waals surface area (Å²) in [6.45, 7) is 0. The molecule has 1 aliphatic rings. The molecule has 0 aromatic heterocycles. The topological polar surface area (TPSA) is 83.5 Å². The molecular formula is C10H16F3NO4S. The van der Waals surface area contributed by atoms with Gasteiger partial charge in [0.15, 0.2) is 0 Å². The van der Waals surface area contributed by atoms with E-state index in [2.05, 4.69) is 4.72 Å². The summed E-state index contributed by atoms with van der Waals surface area (Å²) in [5.41, 5.74) is 0. The summed E-state index contributed by atoms with van der Waals surface area (Å²) in [6.07, 6.45) is -5.03. The van der Waals surface area contributed by atoms with Crippen molar-refractivity contribution in [2.75, 3.05) is 5.75 Å². The summed E-state index contributed by atoms with van der Waals surface area (Å²) in [7, 11) is -3.78. The molecule has 0 radical (unpaired) electrons. The zero-order valence-corrected chi connectivity index (χ0v) is 10.9. The van der Waals surface area contributed by atoms with Crippen molar-refractivity contribution in [3.63, 3.8) is 0 Å². The molecule has 0 spiro atoms. The first-order chi connectivity index (χ1) is 8.59. The predicted molar refractivity (Wildman–Crippen MR) is 61.0 cm³/mol. The van der Waals surface area contributed by atoms with E-state index in [-0.39, 0.29) is 6.42 Å². The van der Waals surface area contributed by atoms with Crippen molar-refractivity contribution in [2.45, 2.75) is 44.3 Å². The highest BCUT2D eigenvalue weighted by atomic mass is 32.2. The number of carboxylic acids is 1. The molecular weight excluding hydrogens is 287 g/mol. The number of rotatable bonds is 6. The highest BCUT2D eigenvalue weighted by molar-refractivity contribution is 7.89. The molecule has 1 aliphatic carbocycles. The van der Waals surface area contributed by atoms with Crippen LogP contribution in [0.3, 0.4) is 0 Å². The van der Waals surface area contributed by atoms with Gasteiger partial charge in [-0.3, -0.25) is 4.79 Å². The van der Waals surface area contributed by atoms with Gasteiger partial charge in [0.05, 0.1) is 11.7 Å². The van der Waals surface area contributed by atoms with Crippen LogP contribution in [-0.4, -0.2) is 37.5 Å². The third kappa shape index (κ3) is 6.24. The van der Waals surface area contributed by atoms with Gasteiger partial charge in [-0.25, -0.2) is 13.1 Å². The Morgan fingerprint density at radius 1 is 1.32 bits per heavy atom. The van der Waals surface area contributed by atoms with Crippen molar-refractivity contribution in [1.29, 1.82) is 0 Å². The normalized spacial score (nSPS) is 24.6. The second-order valence-electron chi connectivity index (χ2n) is 4.70. The minimum Gasteiger partial charge on any atom is -0.481 e. The standard InChI is InChI=1S/C10H16F3NO4S/c11-10(12,13)4-1-5-19(17,18)14-8-3-2-7(6-8)9(15)16/h7-8,14H,1-6H2,(H,15,16)/t7-,8+/m1/s1. The maximum absolute atomic E-state index is 11.9. The van der Waals surface area contributed by atoms with E-state index in [1.54, 1.807) is 0 Å². The van der Waals surface area contributed by atoms with Crippen molar-refractivity contribution in [3.05, 3.63) is 0 Å². The number of carbonyl (C=O) groups is 1. The summed E-state index contributed by atoms with van der Waals surface area (Å²) in [4.78, 5) is 10.7. The minimum absolute atomic E-state index is 0.188. The predicted octanol–water partition coefficient (Wildman–Crippen LogP) is 1.50. The Kier molecular flexibility index (Phi) is 5.19. The van der Waals surface area contributed by atoms with Crippen molar-refractivity contribution >= 4 is 16.0 Å². The smallest absolute Gasteiger partial charge is 0.389 e. The molecule has 9 heteroatoms. The van der Waals surface area contributed by atoms with Gasteiger partial charge in [0, 0.05) is 12.5 Å². The number of sulfonamides is 1. The molecule has 0 aliphatic heterocycles. The van der Waals surface area contributed by atoms with Gasteiger partial charge in [-0.1, -0.05) is 0 Å². The van der Waals surface area contributed by atoms with Crippen LogP contribution in [0.2, 0.25) is 0 Å². The van der Waals surface area contributed by atoms with E-state index in [4.69, 9.17) is 5.11 Å². The second-order valence-corrected chi connectivity index (χ2v) is 6.57. The van der Waals surface area contributed by atoms with Crippen LogP contribution >= 0.6 is 0 Å². The highest BCUT2D eigenvalue weighted by Crippen LogP contribution is 2.26. The Labute approximate surface area is 109 Å². The van der Waals surface area contributed by atoms with Crippen LogP contribution < -0.4 is 4.72 Å². The number of nitrogens with one attached hydrogen (secondary N) is 1. The van der Waals surface area contributed by atoms with E-state index in [1.165, 1.54) is 0 Å². The Morgan fingerprint density at radius 3 is 2.42 bits per heavy atom. The summed E-state index contributed by atoms with van der Waals surface area (Å²) in [6, 6.07) is -0.489. The van der Waals surface area contributed by atoms with E-state index >= 15 is 0 Å². The van der Waals surface area contributed by atoms with E-state index < -0.39 is 52.7 Å². The molecule has 0 heterocycles. The molecule has 1 rings (SSSR count). The lowest BCUT2D eigenvalue weighted by atomic mass is 10.1. The maximum atomic E-state index is 11.9. The lowest BCUT2D eigenvalue weighted by Crippen LogP contribution is -2.35. The molecule has 0 amide bonds. The SMILES string of the molecule is O=C(O)[C@@H]1CC[C@H](NS(=O)(=O)CCCC(F)(F)F)C1. The molecule has 0 aromatic rings. The molecule has 19 heavy (non-hydrogen) atoms. The molecule has 1 saturated carbocycles. The quantitative estimate of drug-likeness (QED) is 0.779. The Balaban J connectivity index is 2.37. The largest absolute Gasteiger partial charge is 0.481 e. The lowest BCUT2D eigenvalue weighted by Gasteiger charge is -2.13. The Bertz CT molecular complexity index is 421. The van der Waals surface area contributed by atoms with Gasteiger partial charge in [0.25, 0.3) is 0 Å². The number of hydrogen-bond donors (Lipinski definition) is 2. The molecule has 2 atom stereocenters. The Morgan fingerprint density at radius 2 is 1.95 bits per heavy atom. The highest BCUT2D eigenvalue weighted by Gasteiger charge is 2.32. The first kappa shape index (κ1) is 16.2. The molecule has 0 unspecified atom stereocenters. The molecule has 0 aromatic carbocycles. The fourth-order valence-electron chi connectivity index (χ4n) is 2.09. The van der Waals surface area contributed by atoms with Crippen LogP contribution in [0.15, 0.2) is 0 Å². The van der Waals surface area contributed by atoms with E-state index in [0.717, 1.165) is 0 Å². The van der Waals surface area contributed by atoms with Crippen molar-refractivity contribution in [3.8, 4) is 0 Å².